The van der Waals surface area contributed by atoms with E-state index in [9.17, 15) is 8.42 Å². The number of rotatable bonds is 5. The fourth-order valence-electron chi connectivity index (χ4n) is 2.96. The number of imidazole rings is 1. The van der Waals surface area contributed by atoms with Gasteiger partial charge in [0.15, 0.2) is 0 Å². The molecule has 0 saturated heterocycles. The second-order valence-electron chi connectivity index (χ2n) is 6.16. The van der Waals surface area contributed by atoms with Gasteiger partial charge in [-0.15, -0.1) is 0 Å². The highest BCUT2D eigenvalue weighted by Crippen LogP contribution is 2.27. The summed E-state index contributed by atoms with van der Waals surface area (Å²) < 4.78 is 25.7. The molecule has 1 aromatic rings. The molecule has 0 amide bonds. The van der Waals surface area contributed by atoms with Crippen LogP contribution in [0.4, 0.5) is 0 Å². The van der Waals surface area contributed by atoms with E-state index in [0.29, 0.717) is 5.92 Å². The maximum Gasteiger partial charge on any atom is 0.227 e. The third kappa shape index (κ3) is 3.82. The molecule has 0 aromatic carbocycles. The summed E-state index contributed by atoms with van der Waals surface area (Å²) in [7, 11) is 0.703. The third-order valence-corrected chi connectivity index (χ3v) is 4.87. The number of nitrogens with zero attached hydrogens (tertiary/aromatic N) is 3. The summed E-state index contributed by atoms with van der Waals surface area (Å²) in [6.07, 6.45) is 9.17. The Kier molecular flexibility index (Phi) is 4.86. The Morgan fingerprint density at radius 1 is 1.30 bits per heavy atom. The molecule has 0 radical (unpaired) electrons. The summed E-state index contributed by atoms with van der Waals surface area (Å²) in [5.74, 6) is 0.583. The van der Waals surface area contributed by atoms with E-state index in [0.717, 1.165) is 18.8 Å². The Morgan fingerprint density at radius 2 is 1.95 bits per heavy atom. The fourth-order valence-corrected chi connectivity index (χ4v) is 3.80. The maximum atomic E-state index is 11.9. The van der Waals surface area contributed by atoms with Gasteiger partial charge < -0.3 is 9.47 Å². The smallest absolute Gasteiger partial charge is 0.227 e. The van der Waals surface area contributed by atoms with Crippen LogP contribution < -0.4 is 0 Å². The molecule has 5 nitrogen and oxygen atoms in total. The number of aromatic nitrogens is 2. The van der Waals surface area contributed by atoms with E-state index < -0.39 is 9.84 Å². The summed E-state index contributed by atoms with van der Waals surface area (Å²) in [5, 5.41) is 0.222. The first kappa shape index (κ1) is 15.5. The van der Waals surface area contributed by atoms with Crippen LogP contribution in [-0.4, -0.2) is 43.2 Å². The summed E-state index contributed by atoms with van der Waals surface area (Å²) in [5.41, 5.74) is 0.987. The highest BCUT2D eigenvalue weighted by atomic mass is 32.2. The Hall–Kier alpha value is -0.880. The number of sulfone groups is 1. The lowest BCUT2D eigenvalue weighted by atomic mass is 9.89. The lowest BCUT2D eigenvalue weighted by molar-refractivity contribution is 0.299. The minimum Gasteiger partial charge on any atom is -0.317 e. The van der Waals surface area contributed by atoms with Crippen molar-refractivity contribution in [2.24, 2.45) is 5.92 Å². The first-order chi connectivity index (χ1) is 9.38. The molecule has 1 aliphatic rings. The zero-order valence-corrected chi connectivity index (χ0v) is 13.5. The molecule has 0 bridgehead atoms. The molecular formula is C14H25N3O2S. The van der Waals surface area contributed by atoms with Gasteiger partial charge in [0.1, 0.15) is 0 Å². The lowest BCUT2D eigenvalue weighted by Gasteiger charge is -2.24. The van der Waals surface area contributed by atoms with Crippen LogP contribution in [0.25, 0.3) is 0 Å². The standard InChI is InChI=1S/C14H25N3O2S/c1-16(2)11-13-9-15-14(20(3,18)19)17(13)10-12-7-5-4-6-8-12/h9,12H,4-8,10-11H2,1-3H3. The van der Waals surface area contributed by atoms with E-state index in [2.05, 4.69) is 4.98 Å². The van der Waals surface area contributed by atoms with Crippen molar-refractivity contribution in [3.63, 3.8) is 0 Å². The van der Waals surface area contributed by atoms with Crippen LogP contribution in [0.1, 0.15) is 37.8 Å². The summed E-state index contributed by atoms with van der Waals surface area (Å²) >= 11 is 0. The summed E-state index contributed by atoms with van der Waals surface area (Å²) in [4.78, 5) is 6.20. The average Bonchev–Trinajstić information content (AvgIpc) is 2.72. The number of hydrogen-bond donors (Lipinski definition) is 0. The number of hydrogen-bond acceptors (Lipinski definition) is 4. The van der Waals surface area contributed by atoms with Gasteiger partial charge in [0.25, 0.3) is 0 Å². The van der Waals surface area contributed by atoms with Crippen molar-refractivity contribution >= 4 is 9.84 Å². The molecule has 0 spiro atoms. The maximum absolute atomic E-state index is 11.9. The monoisotopic (exact) mass is 299 g/mol. The van der Waals surface area contributed by atoms with E-state index in [1.165, 1.54) is 38.4 Å². The molecule has 1 aliphatic carbocycles. The van der Waals surface area contributed by atoms with E-state index in [1.807, 2.05) is 23.6 Å². The van der Waals surface area contributed by atoms with Gasteiger partial charge in [-0.3, -0.25) is 0 Å². The van der Waals surface area contributed by atoms with Crippen molar-refractivity contribution in [3.8, 4) is 0 Å². The lowest BCUT2D eigenvalue weighted by Crippen LogP contribution is -2.22. The molecule has 1 saturated carbocycles. The van der Waals surface area contributed by atoms with Crippen molar-refractivity contribution in [3.05, 3.63) is 11.9 Å². The predicted molar refractivity (Wildman–Crippen MR) is 79.3 cm³/mol. The summed E-state index contributed by atoms with van der Waals surface area (Å²) in [6.45, 7) is 1.50. The molecule has 0 N–H and O–H groups in total. The minimum absolute atomic E-state index is 0.222. The van der Waals surface area contributed by atoms with Crippen LogP contribution >= 0.6 is 0 Å². The van der Waals surface area contributed by atoms with Crippen LogP contribution in [0.3, 0.4) is 0 Å². The molecule has 2 rings (SSSR count). The van der Waals surface area contributed by atoms with Gasteiger partial charge in [0, 0.05) is 19.3 Å². The van der Waals surface area contributed by atoms with Gasteiger partial charge in [-0.25, -0.2) is 13.4 Å². The molecule has 1 heterocycles. The van der Waals surface area contributed by atoms with Gasteiger partial charge in [0.05, 0.1) is 11.9 Å². The van der Waals surface area contributed by atoms with Crippen molar-refractivity contribution in [1.82, 2.24) is 14.5 Å². The molecule has 6 heteroatoms. The molecule has 20 heavy (non-hydrogen) atoms. The van der Waals surface area contributed by atoms with Crippen LogP contribution in [-0.2, 0) is 22.9 Å². The van der Waals surface area contributed by atoms with E-state index >= 15 is 0 Å². The second-order valence-corrected chi connectivity index (χ2v) is 8.07. The molecule has 0 atom stereocenters. The Balaban J connectivity index is 2.28. The third-order valence-electron chi connectivity index (χ3n) is 3.88. The van der Waals surface area contributed by atoms with Crippen molar-refractivity contribution < 1.29 is 8.42 Å². The molecule has 0 aliphatic heterocycles. The molecule has 1 fully saturated rings. The van der Waals surface area contributed by atoms with Gasteiger partial charge in [0.2, 0.25) is 15.0 Å². The fraction of sp³-hybridized carbons (Fsp3) is 0.786. The van der Waals surface area contributed by atoms with Crippen LogP contribution in [0.5, 0.6) is 0 Å². The average molecular weight is 299 g/mol. The van der Waals surface area contributed by atoms with Crippen LogP contribution in [0.2, 0.25) is 0 Å². The molecular weight excluding hydrogens is 274 g/mol. The molecule has 1 aromatic heterocycles. The normalized spacial score (nSPS) is 17.8. The summed E-state index contributed by atoms with van der Waals surface area (Å²) in [6, 6.07) is 0. The van der Waals surface area contributed by atoms with E-state index in [4.69, 9.17) is 0 Å². The van der Waals surface area contributed by atoms with Gasteiger partial charge >= 0.3 is 0 Å². The highest BCUT2D eigenvalue weighted by Gasteiger charge is 2.22. The van der Waals surface area contributed by atoms with Gasteiger partial charge in [-0.05, 0) is 32.9 Å². The zero-order valence-electron chi connectivity index (χ0n) is 12.7. The Bertz CT molecular complexity index is 543. The Labute approximate surface area is 121 Å². The van der Waals surface area contributed by atoms with E-state index in [1.54, 1.807) is 6.20 Å². The van der Waals surface area contributed by atoms with Crippen LogP contribution in [0.15, 0.2) is 11.4 Å². The zero-order chi connectivity index (χ0) is 14.8. The topological polar surface area (TPSA) is 55.2 Å². The predicted octanol–water partition coefficient (Wildman–Crippen LogP) is 1.93. The Morgan fingerprint density at radius 3 is 2.50 bits per heavy atom. The SMILES string of the molecule is CN(C)Cc1cnc(S(C)(=O)=O)n1CC1CCCCC1. The van der Waals surface area contributed by atoms with Crippen molar-refractivity contribution in [2.45, 2.75) is 50.4 Å². The minimum atomic E-state index is -3.27. The van der Waals surface area contributed by atoms with Crippen LogP contribution in [0, 0.1) is 5.92 Å². The largest absolute Gasteiger partial charge is 0.317 e. The van der Waals surface area contributed by atoms with Crippen molar-refractivity contribution in [2.75, 3.05) is 20.4 Å². The highest BCUT2D eigenvalue weighted by molar-refractivity contribution is 7.90. The van der Waals surface area contributed by atoms with Gasteiger partial charge in [-0.1, -0.05) is 19.3 Å². The van der Waals surface area contributed by atoms with Gasteiger partial charge in [-0.2, -0.15) is 0 Å². The van der Waals surface area contributed by atoms with E-state index in [-0.39, 0.29) is 5.16 Å². The second kappa shape index (κ2) is 6.26. The first-order valence-electron chi connectivity index (χ1n) is 7.27. The molecule has 0 unspecified atom stereocenters. The quantitative estimate of drug-likeness (QED) is 0.833. The molecule has 114 valence electrons. The first-order valence-corrected chi connectivity index (χ1v) is 9.16. The van der Waals surface area contributed by atoms with Crippen molar-refractivity contribution in [1.29, 1.82) is 0 Å².